The van der Waals surface area contributed by atoms with E-state index in [2.05, 4.69) is 66.7 Å². The minimum atomic E-state index is 0.823. The van der Waals surface area contributed by atoms with Crippen molar-refractivity contribution >= 4 is 0 Å². The van der Waals surface area contributed by atoms with Crippen LogP contribution in [0.3, 0.4) is 0 Å². The molecule has 0 aliphatic rings. The molecule has 0 aliphatic carbocycles. The van der Waals surface area contributed by atoms with Gasteiger partial charge in [-0.1, -0.05) is 61.6 Å². The van der Waals surface area contributed by atoms with E-state index in [-0.39, 0.29) is 0 Å². The zero-order valence-electron chi connectivity index (χ0n) is 16.3. The van der Waals surface area contributed by atoms with Crippen molar-refractivity contribution in [2.24, 2.45) is 11.8 Å². The van der Waals surface area contributed by atoms with E-state index in [4.69, 9.17) is 0 Å². The van der Waals surface area contributed by atoms with Crippen LogP contribution in [0.15, 0.2) is 34.9 Å². The maximum atomic E-state index is 2.47. The van der Waals surface area contributed by atoms with Gasteiger partial charge in [-0.05, 0) is 78.6 Å². The summed E-state index contributed by atoms with van der Waals surface area (Å²) < 4.78 is 0. The van der Waals surface area contributed by atoms with Crippen LogP contribution >= 0.6 is 0 Å². The van der Waals surface area contributed by atoms with Gasteiger partial charge in [-0.3, -0.25) is 0 Å². The molecule has 0 aromatic heterocycles. The van der Waals surface area contributed by atoms with E-state index in [1.54, 1.807) is 5.57 Å². The van der Waals surface area contributed by atoms with Gasteiger partial charge < -0.3 is 0 Å². The lowest BCUT2D eigenvalue weighted by atomic mass is 9.92. The Bertz CT molecular complexity index is 359. The molecule has 0 aliphatic heterocycles. The first-order valence-electron chi connectivity index (χ1n) is 9.23. The van der Waals surface area contributed by atoms with Gasteiger partial charge >= 0.3 is 0 Å². The first-order chi connectivity index (χ1) is 10.3. The summed E-state index contributed by atoms with van der Waals surface area (Å²) in [5.74, 6) is 1.69. The van der Waals surface area contributed by atoms with E-state index in [1.807, 2.05) is 0 Å². The van der Waals surface area contributed by atoms with Crippen LogP contribution in [0.2, 0.25) is 0 Å². The van der Waals surface area contributed by atoms with Crippen LogP contribution in [-0.4, -0.2) is 0 Å². The summed E-state index contributed by atoms with van der Waals surface area (Å²) in [5, 5.41) is 0. The van der Waals surface area contributed by atoms with Gasteiger partial charge in [0.25, 0.3) is 0 Å². The molecule has 0 saturated heterocycles. The molecule has 0 heteroatoms. The van der Waals surface area contributed by atoms with Crippen LogP contribution in [0.4, 0.5) is 0 Å². The SMILES string of the molecule is CC(C)=CCCC(C)=CCC(C)CCC(C)CCC=C(C)C. The predicted octanol–water partition coefficient (Wildman–Crippen LogP) is 7.87. The summed E-state index contributed by atoms with van der Waals surface area (Å²) in [5.41, 5.74) is 4.44. The topological polar surface area (TPSA) is 0 Å². The molecule has 0 radical (unpaired) electrons. The molecule has 0 amide bonds. The molecule has 2 atom stereocenters. The lowest BCUT2D eigenvalue weighted by Gasteiger charge is -2.14. The smallest absolute Gasteiger partial charge is 0.0288 e. The normalized spacial score (nSPS) is 14.4. The molecule has 0 N–H and O–H groups in total. The molecule has 0 bridgehead atoms. The Balaban J connectivity index is 3.86. The highest BCUT2D eigenvalue weighted by Crippen LogP contribution is 2.20. The molecule has 0 aromatic carbocycles. The molecule has 0 aromatic rings. The summed E-state index contributed by atoms with van der Waals surface area (Å²) >= 11 is 0. The van der Waals surface area contributed by atoms with Gasteiger partial charge in [0.2, 0.25) is 0 Å². The number of rotatable bonds is 11. The summed E-state index contributed by atoms with van der Waals surface area (Å²) in [6.07, 6.45) is 16.2. The predicted molar refractivity (Wildman–Crippen MR) is 103 cm³/mol. The third-order valence-corrected chi connectivity index (χ3v) is 4.32. The second kappa shape index (κ2) is 12.7. The van der Waals surface area contributed by atoms with Gasteiger partial charge in [0.1, 0.15) is 0 Å². The Hall–Kier alpha value is -0.780. The maximum Gasteiger partial charge on any atom is -0.0288 e. The van der Waals surface area contributed by atoms with Crippen molar-refractivity contribution in [3.8, 4) is 0 Å². The highest BCUT2D eigenvalue weighted by molar-refractivity contribution is 5.02. The quantitative estimate of drug-likeness (QED) is 0.341. The number of hydrogen-bond acceptors (Lipinski definition) is 0. The van der Waals surface area contributed by atoms with Crippen LogP contribution in [0.5, 0.6) is 0 Å². The van der Waals surface area contributed by atoms with Crippen LogP contribution in [0.1, 0.15) is 93.4 Å². The lowest BCUT2D eigenvalue weighted by molar-refractivity contribution is 0.415. The third-order valence-electron chi connectivity index (χ3n) is 4.32. The highest BCUT2D eigenvalue weighted by Gasteiger charge is 2.05. The molecule has 2 unspecified atom stereocenters. The van der Waals surface area contributed by atoms with E-state index in [1.165, 1.54) is 56.1 Å². The minimum absolute atomic E-state index is 0.823. The molecule has 0 fully saturated rings. The zero-order chi connectivity index (χ0) is 17.0. The molecular weight excluding hydrogens is 264 g/mol. The minimum Gasteiger partial charge on any atom is -0.0859 e. The first kappa shape index (κ1) is 21.2. The van der Waals surface area contributed by atoms with Crippen molar-refractivity contribution in [3.63, 3.8) is 0 Å². The fourth-order valence-electron chi connectivity index (χ4n) is 2.58. The highest BCUT2D eigenvalue weighted by atomic mass is 14.1. The summed E-state index contributed by atoms with van der Waals surface area (Å²) in [6, 6.07) is 0. The van der Waals surface area contributed by atoms with Gasteiger partial charge in [-0.2, -0.15) is 0 Å². The fraction of sp³-hybridized carbons (Fsp3) is 0.727. The molecule has 0 spiro atoms. The van der Waals surface area contributed by atoms with Gasteiger partial charge in [-0.15, -0.1) is 0 Å². The Labute approximate surface area is 140 Å². The Morgan fingerprint density at radius 3 is 1.82 bits per heavy atom. The van der Waals surface area contributed by atoms with Crippen molar-refractivity contribution in [2.45, 2.75) is 93.4 Å². The van der Waals surface area contributed by atoms with Crippen LogP contribution in [0.25, 0.3) is 0 Å². The summed E-state index contributed by atoms with van der Waals surface area (Å²) in [6.45, 7) is 15.8. The molecule has 0 nitrogen and oxygen atoms in total. The summed E-state index contributed by atoms with van der Waals surface area (Å²) in [4.78, 5) is 0. The molecule has 0 heterocycles. The lowest BCUT2D eigenvalue weighted by Crippen LogP contribution is -2.00. The standard InChI is InChI=1S/C22H40/c1-18(2)10-8-12-20(5)14-16-22(7)17-15-21(6)13-9-11-19(3)4/h10-11,14,21-22H,8-9,12-13,15-17H2,1-7H3. The fourth-order valence-corrected chi connectivity index (χ4v) is 2.58. The first-order valence-corrected chi connectivity index (χ1v) is 9.23. The van der Waals surface area contributed by atoms with Crippen LogP contribution in [-0.2, 0) is 0 Å². The molecule has 22 heavy (non-hydrogen) atoms. The third kappa shape index (κ3) is 14.2. The van der Waals surface area contributed by atoms with E-state index in [0.29, 0.717) is 0 Å². The van der Waals surface area contributed by atoms with Crippen LogP contribution < -0.4 is 0 Å². The molecule has 128 valence electrons. The van der Waals surface area contributed by atoms with Crippen LogP contribution in [0, 0.1) is 11.8 Å². The van der Waals surface area contributed by atoms with Crippen molar-refractivity contribution < 1.29 is 0 Å². The van der Waals surface area contributed by atoms with Gasteiger partial charge in [0, 0.05) is 0 Å². The average Bonchev–Trinajstić information content (AvgIpc) is 2.42. The number of hydrogen-bond donors (Lipinski definition) is 0. The number of allylic oxidation sites excluding steroid dienone is 6. The zero-order valence-corrected chi connectivity index (χ0v) is 16.3. The Morgan fingerprint density at radius 2 is 1.23 bits per heavy atom. The van der Waals surface area contributed by atoms with Crippen molar-refractivity contribution in [3.05, 3.63) is 34.9 Å². The molecule has 0 rings (SSSR count). The Morgan fingerprint density at radius 1 is 0.682 bits per heavy atom. The summed E-state index contributed by atoms with van der Waals surface area (Å²) in [7, 11) is 0. The average molecular weight is 305 g/mol. The van der Waals surface area contributed by atoms with Crippen molar-refractivity contribution in [2.75, 3.05) is 0 Å². The van der Waals surface area contributed by atoms with Gasteiger partial charge in [-0.25, -0.2) is 0 Å². The maximum absolute atomic E-state index is 2.47. The van der Waals surface area contributed by atoms with E-state index < -0.39 is 0 Å². The van der Waals surface area contributed by atoms with Crippen molar-refractivity contribution in [1.29, 1.82) is 0 Å². The van der Waals surface area contributed by atoms with Gasteiger partial charge in [0.15, 0.2) is 0 Å². The molecule has 0 saturated carbocycles. The van der Waals surface area contributed by atoms with E-state index >= 15 is 0 Å². The second-order valence-corrected chi connectivity index (χ2v) is 7.75. The second-order valence-electron chi connectivity index (χ2n) is 7.75. The van der Waals surface area contributed by atoms with Crippen molar-refractivity contribution in [1.82, 2.24) is 0 Å². The van der Waals surface area contributed by atoms with E-state index in [9.17, 15) is 0 Å². The Kier molecular flexibility index (Phi) is 12.3. The molecular formula is C22H40. The largest absolute Gasteiger partial charge is 0.0859 e. The van der Waals surface area contributed by atoms with Gasteiger partial charge in [0.05, 0.1) is 0 Å². The van der Waals surface area contributed by atoms with E-state index in [0.717, 1.165) is 11.8 Å². The monoisotopic (exact) mass is 304 g/mol.